The van der Waals surface area contributed by atoms with Gasteiger partial charge in [0.15, 0.2) is 0 Å². The molecule has 0 aromatic heterocycles. The van der Waals surface area contributed by atoms with Crippen molar-refractivity contribution >= 4 is 21.6 Å². The lowest BCUT2D eigenvalue weighted by Gasteiger charge is -2.11. The number of anilines is 1. The van der Waals surface area contributed by atoms with Crippen molar-refractivity contribution in [2.45, 2.75) is 18.4 Å². The summed E-state index contributed by atoms with van der Waals surface area (Å²) in [6.07, 6.45) is 0. The Labute approximate surface area is 163 Å². The Morgan fingerprint density at radius 2 is 1.68 bits per heavy atom. The van der Waals surface area contributed by atoms with E-state index in [1.54, 1.807) is 19.1 Å². The average molecular weight is 398 g/mol. The molecule has 0 bridgehead atoms. The summed E-state index contributed by atoms with van der Waals surface area (Å²) < 4.78 is 41.5. The Morgan fingerprint density at radius 3 is 2.39 bits per heavy atom. The molecule has 0 unspecified atom stereocenters. The number of rotatable bonds is 6. The molecule has 0 aliphatic rings. The van der Waals surface area contributed by atoms with Crippen LogP contribution in [-0.4, -0.2) is 14.3 Å². The summed E-state index contributed by atoms with van der Waals surface area (Å²) in [5.41, 5.74) is 1.57. The van der Waals surface area contributed by atoms with Gasteiger partial charge in [-0.25, -0.2) is 17.5 Å². The quantitative estimate of drug-likeness (QED) is 0.662. The van der Waals surface area contributed by atoms with E-state index in [2.05, 4.69) is 10.0 Å². The second-order valence-electron chi connectivity index (χ2n) is 6.22. The number of halogens is 1. The molecule has 5 nitrogen and oxygen atoms in total. The number of para-hydroxylation sites is 1. The third-order valence-corrected chi connectivity index (χ3v) is 5.58. The highest BCUT2D eigenvalue weighted by Gasteiger charge is 2.17. The highest BCUT2D eigenvalue weighted by molar-refractivity contribution is 7.89. The van der Waals surface area contributed by atoms with Crippen LogP contribution < -0.4 is 10.0 Å². The van der Waals surface area contributed by atoms with E-state index in [1.165, 1.54) is 30.3 Å². The number of carbonyl (C=O) groups is 1. The van der Waals surface area contributed by atoms with E-state index in [-0.39, 0.29) is 22.7 Å². The standard InChI is InChI=1S/C21H19FN2O3S/c1-15-7-5-12-19(22)20(15)24-21(25)17-10-6-11-18(13-17)28(26,27)23-14-16-8-3-2-4-9-16/h2-13,23H,14H2,1H3,(H,24,25). The van der Waals surface area contributed by atoms with Crippen LogP contribution in [0.1, 0.15) is 21.5 Å². The molecular weight excluding hydrogens is 379 g/mol. The van der Waals surface area contributed by atoms with Crippen LogP contribution in [0.3, 0.4) is 0 Å². The average Bonchev–Trinajstić information content (AvgIpc) is 2.70. The van der Waals surface area contributed by atoms with Crippen LogP contribution in [0.2, 0.25) is 0 Å². The van der Waals surface area contributed by atoms with E-state index in [0.29, 0.717) is 5.56 Å². The van der Waals surface area contributed by atoms with Crippen molar-refractivity contribution in [1.82, 2.24) is 4.72 Å². The minimum absolute atomic E-state index is 0.0404. The molecule has 0 radical (unpaired) electrons. The molecule has 3 aromatic carbocycles. The maximum absolute atomic E-state index is 13.9. The van der Waals surface area contributed by atoms with Crippen molar-refractivity contribution in [1.29, 1.82) is 0 Å². The molecule has 3 aromatic rings. The lowest BCUT2D eigenvalue weighted by molar-refractivity contribution is 0.102. The predicted molar refractivity (Wildman–Crippen MR) is 106 cm³/mol. The van der Waals surface area contributed by atoms with Crippen LogP contribution in [-0.2, 0) is 16.6 Å². The third kappa shape index (κ3) is 4.62. The Bertz CT molecular complexity index is 1080. The summed E-state index contributed by atoms with van der Waals surface area (Å²) in [4.78, 5) is 12.4. The van der Waals surface area contributed by atoms with Gasteiger partial charge in [-0.1, -0.05) is 48.5 Å². The lowest BCUT2D eigenvalue weighted by Crippen LogP contribution is -2.23. The molecule has 0 aliphatic carbocycles. The summed E-state index contributed by atoms with van der Waals surface area (Å²) in [6.45, 7) is 1.81. The van der Waals surface area contributed by atoms with Gasteiger partial charge in [0.1, 0.15) is 5.82 Å². The molecule has 2 N–H and O–H groups in total. The topological polar surface area (TPSA) is 75.3 Å². The highest BCUT2D eigenvalue weighted by atomic mass is 32.2. The molecule has 0 aliphatic heterocycles. The summed E-state index contributed by atoms with van der Waals surface area (Å²) >= 11 is 0. The minimum atomic E-state index is -3.81. The van der Waals surface area contributed by atoms with Gasteiger partial charge in [-0.05, 0) is 42.3 Å². The van der Waals surface area contributed by atoms with E-state index in [1.807, 2.05) is 30.3 Å². The first-order chi connectivity index (χ1) is 13.4. The van der Waals surface area contributed by atoms with Crippen molar-refractivity contribution in [3.8, 4) is 0 Å². The van der Waals surface area contributed by atoms with E-state index in [9.17, 15) is 17.6 Å². The first-order valence-electron chi connectivity index (χ1n) is 8.57. The van der Waals surface area contributed by atoms with E-state index >= 15 is 0 Å². The summed E-state index contributed by atoms with van der Waals surface area (Å²) in [5, 5.41) is 2.50. The molecular formula is C21H19FN2O3S. The minimum Gasteiger partial charge on any atom is -0.319 e. The molecule has 0 fully saturated rings. The zero-order chi connectivity index (χ0) is 20.1. The maximum atomic E-state index is 13.9. The highest BCUT2D eigenvalue weighted by Crippen LogP contribution is 2.20. The zero-order valence-electron chi connectivity index (χ0n) is 15.1. The zero-order valence-corrected chi connectivity index (χ0v) is 16.0. The van der Waals surface area contributed by atoms with Gasteiger partial charge in [-0.15, -0.1) is 0 Å². The van der Waals surface area contributed by atoms with Crippen molar-refractivity contribution in [2.24, 2.45) is 0 Å². The first-order valence-corrected chi connectivity index (χ1v) is 10.1. The van der Waals surface area contributed by atoms with Crippen LogP contribution in [0.25, 0.3) is 0 Å². The number of carbonyl (C=O) groups excluding carboxylic acids is 1. The molecule has 0 heterocycles. The van der Waals surface area contributed by atoms with Crippen molar-refractivity contribution in [3.63, 3.8) is 0 Å². The predicted octanol–water partition coefficient (Wildman–Crippen LogP) is 3.86. The number of nitrogens with one attached hydrogen (secondary N) is 2. The number of amides is 1. The number of hydrogen-bond donors (Lipinski definition) is 2. The van der Waals surface area contributed by atoms with E-state index in [0.717, 1.165) is 5.56 Å². The smallest absolute Gasteiger partial charge is 0.255 e. The SMILES string of the molecule is Cc1cccc(F)c1NC(=O)c1cccc(S(=O)(=O)NCc2ccccc2)c1. The number of aryl methyl sites for hydroxylation is 1. The summed E-state index contributed by atoms with van der Waals surface area (Å²) in [7, 11) is -3.81. The van der Waals surface area contributed by atoms with Gasteiger partial charge < -0.3 is 5.32 Å². The Hall–Kier alpha value is -3.03. The molecule has 0 saturated carbocycles. The molecule has 7 heteroatoms. The first kappa shape index (κ1) is 19.7. The Morgan fingerprint density at radius 1 is 0.964 bits per heavy atom. The fourth-order valence-electron chi connectivity index (χ4n) is 2.64. The van der Waals surface area contributed by atoms with Crippen LogP contribution in [0.4, 0.5) is 10.1 Å². The van der Waals surface area contributed by atoms with Gasteiger partial charge in [-0.3, -0.25) is 4.79 Å². The number of hydrogen-bond acceptors (Lipinski definition) is 3. The van der Waals surface area contributed by atoms with Gasteiger partial charge in [-0.2, -0.15) is 0 Å². The third-order valence-electron chi connectivity index (χ3n) is 4.18. The second kappa shape index (κ2) is 8.33. The second-order valence-corrected chi connectivity index (χ2v) is 7.99. The van der Waals surface area contributed by atoms with Gasteiger partial charge >= 0.3 is 0 Å². The fourth-order valence-corrected chi connectivity index (χ4v) is 3.70. The van der Waals surface area contributed by atoms with Crippen LogP contribution in [0, 0.1) is 12.7 Å². The van der Waals surface area contributed by atoms with Gasteiger partial charge in [0.25, 0.3) is 5.91 Å². The molecule has 0 saturated heterocycles. The largest absolute Gasteiger partial charge is 0.319 e. The Kier molecular flexibility index (Phi) is 5.87. The fraction of sp³-hybridized carbons (Fsp3) is 0.0952. The van der Waals surface area contributed by atoms with Crippen molar-refractivity contribution in [2.75, 3.05) is 5.32 Å². The summed E-state index contributed by atoms with van der Waals surface area (Å²) in [5.74, 6) is -1.14. The molecule has 0 spiro atoms. The van der Waals surface area contributed by atoms with Gasteiger partial charge in [0.2, 0.25) is 10.0 Å². The lowest BCUT2D eigenvalue weighted by atomic mass is 10.1. The molecule has 0 atom stereocenters. The Balaban J connectivity index is 1.78. The van der Waals surface area contributed by atoms with Crippen LogP contribution in [0.5, 0.6) is 0 Å². The molecule has 1 amide bonds. The normalized spacial score (nSPS) is 11.2. The van der Waals surface area contributed by atoms with Crippen LogP contribution in [0.15, 0.2) is 77.7 Å². The monoisotopic (exact) mass is 398 g/mol. The van der Waals surface area contributed by atoms with E-state index < -0.39 is 21.7 Å². The number of benzene rings is 3. The van der Waals surface area contributed by atoms with Gasteiger partial charge in [0.05, 0.1) is 10.6 Å². The number of sulfonamides is 1. The van der Waals surface area contributed by atoms with Crippen LogP contribution >= 0.6 is 0 Å². The maximum Gasteiger partial charge on any atom is 0.255 e. The summed E-state index contributed by atoms with van der Waals surface area (Å²) in [6, 6.07) is 19.2. The van der Waals surface area contributed by atoms with E-state index in [4.69, 9.17) is 0 Å². The molecule has 28 heavy (non-hydrogen) atoms. The van der Waals surface area contributed by atoms with Crippen molar-refractivity contribution in [3.05, 3.63) is 95.3 Å². The molecule has 144 valence electrons. The van der Waals surface area contributed by atoms with Crippen molar-refractivity contribution < 1.29 is 17.6 Å². The van der Waals surface area contributed by atoms with Gasteiger partial charge in [0, 0.05) is 12.1 Å². The molecule has 3 rings (SSSR count).